The number of anilines is 2. The molecule has 0 spiro atoms. The monoisotopic (exact) mass is 374 g/mol. The molecule has 2 N–H and O–H groups in total. The van der Waals surface area contributed by atoms with E-state index in [4.69, 9.17) is 0 Å². The highest BCUT2D eigenvalue weighted by molar-refractivity contribution is 7.10. The molecule has 0 saturated carbocycles. The van der Waals surface area contributed by atoms with Crippen LogP contribution in [0.2, 0.25) is 0 Å². The first-order valence-corrected chi connectivity index (χ1v) is 9.20. The van der Waals surface area contributed by atoms with Gasteiger partial charge in [-0.05, 0) is 29.9 Å². The number of aromatic nitrogens is 4. The summed E-state index contributed by atoms with van der Waals surface area (Å²) in [7, 11) is 1.74. The van der Waals surface area contributed by atoms with E-state index in [1.807, 2.05) is 17.5 Å². The Kier molecular flexibility index (Phi) is 3.85. The first-order chi connectivity index (χ1) is 12.0. The van der Waals surface area contributed by atoms with Crippen molar-refractivity contribution in [1.82, 2.24) is 19.4 Å². The summed E-state index contributed by atoms with van der Waals surface area (Å²) in [5.41, 5.74) is 1.41. The lowest BCUT2D eigenvalue weighted by Gasteiger charge is -2.22. The molecule has 3 aromatic heterocycles. The highest BCUT2D eigenvalue weighted by Gasteiger charge is 2.34. The summed E-state index contributed by atoms with van der Waals surface area (Å²) in [5.74, 6) is 0.579. The minimum atomic E-state index is -0.296. The van der Waals surface area contributed by atoms with Crippen molar-refractivity contribution in [3.8, 4) is 0 Å². The van der Waals surface area contributed by atoms with Gasteiger partial charge in [-0.1, -0.05) is 10.6 Å². The largest absolute Gasteiger partial charge is 0.311 e. The van der Waals surface area contributed by atoms with E-state index in [1.165, 1.54) is 0 Å². The summed E-state index contributed by atoms with van der Waals surface area (Å²) in [5, 5.41) is 16.0. The number of fused-ring (bicyclic) bond motifs is 1. The second-order valence-electron chi connectivity index (χ2n) is 5.70. The average Bonchev–Trinajstić information content (AvgIpc) is 3.29. The van der Waals surface area contributed by atoms with Crippen molar-refractivity contribution in [2.24, 2.45) is 7.05 Å². The molecule has 3 aromatic rings. The Morgan fingerprint density at radius 3 is 3.00 bits per heavy atom. The molecule has 4 heterocycles. The van der Waals surface area contributed by atoms with Crippen LogP contribution in [0.5, 0.6) is 0 Å². The van der Waals surface area contributed by atoms with Crippen LogP contribution < -0.4 is 10.6 Å². The molecule has 0 radical (unpaired) electrons. The zero-order valence-corrected chi connectivity index (χ0v) is 15.1. The number of hydrogen-bond acceptors (Lipinski definition) is 7. The molecule has 1 atom stereocenters. The van der Waals surface area contributed by atoms with Gasteiger partial charge in [0.05, 0.1) is 5.69 Å². The van der Waals surface area contributed by atoms with Gasteiger partial charge in [-0.3, -0.25) is 14.3 Å². The molecule has 0 aliphatic carbocycles. The van der Waals surface area contributed by atoms with Gasteiger partial charge in [0.2, 0.25) is 5.91 Å². The summed E-state index contributed by atoms with van der Waals surface area (Å²) in [6.45, 7) is 1.74. The van der Waals surface area contributed by atoms with Gasteiger partial charge in [0.15, 0.2) is 5.82 Å². The van der Waals surface area contributed by atoms with Crippen molar-refractivity contribution < 1.29 is 9.59 Å². The average molecular weight is 374 g/mol. The normalized spacial score (nSPS) is 16.4. The highest BCUT2D eigenvalue weighted by atomic mass is 32.1. The molecule has 0 aromatic carbocycles. The summed E-state index contributed by atoms with van der Waals surface area (Å²) in [6.07, 6.45) is 0.323. The van der Waals surface area contributed by atoms with E-state index in [-0.39, 0.29) is 17.7 Å². The Morgan fingerprint density at radius 2 is 2.32 bits per heavy atom. The predicted octanol–water partition coefficient (Wildman–Crippen LogP) is 2.37. The maximum absolute atomic E-state index is 12.5. The van der Waals surface area contributed by atoms with Crippen LogP contribution in [0.4, 0.5) is 11.6 Å². The van der Waals surface area contributed by atoms with Gasteiger partial charge in [0.1, 0.15) is 10.7 Å². The fraction of sp³-hybridized carbons (Fsp3) is 0.267. The van der Waals surface area contributed by atoms with Crippen molar-refractivity contribution in [3.63, 3.8) is 0 Å². The Labute approximate surface area is 151 Å². The first kappa shape index (κ1) is 15.9. The number of thiophene rings is 1. The zero-order valence-electron chi connectivity index (χ0n) is 13.4. The van der Waals surface area contributed by atoms with E-state index in [9.17, 15) is 9.59 Å². The van der Waals surface area contributed by atoms with Gasteiger partial charge >= 0.3 is 0 Å². The van der Waals surface area contributed by atoms with Crippen LogP contribution in [-0.2, 0) is 11.8 Å². The molecule has 1 aliphatic rings. The van der Waals surface area contributed by atoms with Crippen LogP contribution >= 0.6 is 22.9 Å². The maximum Gasteiger partial charge on any atom is 0.270 e. The van der Waals surface area contributed by atoms with Crippen molar-refractivity contribution in [2.75, 3.05) is 10.6 Å². The van der Waals surface area contributed by atoms with E-state index < -0.39 is 0 Å². The molecule has 8 nitrogen and oxygen atoms in total. The molecule has 128 valence electrons. The molecular formula is C15H14N6O2S2. The Bertz CT molecular complexity index is 959. The van der Waals surface area contributed by atoms with Crippen LogP contribution in [0, 0.1) is 6.92 Å². The zero-order chi connectivity index (χ0) is 17.6. The molecule has 0 bridgehead atoms. The molecule has 4 rings (SSSR count). The minimum Gasteiger partial charge on any atom is -0.311 e. The summed E-state index contributed by atoms with van der Waals surface area (Å²) < 4.78 is 5.38. The molecule has 10 heteroatoms. The fourth-order valence-corrected chi connectivity index (χ4v) is 4.31. The SMILES string of the molecule is Cc1nnsc1C(=O)Nc1nn(C)c2c1C(c1cccs1)CC(=O)N2. The lowest BCUT2D eigenvalue weighted by molar-refractivity contribution is -0.116. The third kappa shape index (κ3) is 2.72. The fourth-order valence-electron chi connectivity index (χ4n) is 2.92. The van der Waals surface area contributed by atoms with Crippen LogP contribution in [0.1, 0.15) is 38.1 Å². The van der Waals surface area contributed by atoms with Crippen molar-refractivity contribution in [2.45, 2.75) is 19.3 Å². The van der Waals surface area contributed by atoms with Crippen molar-refractivity contribution in [1.29, 1.82) is 0 Å². The van der Waals surface area contributed by atoms with E-state index >= 15 is 0 Å². The van der Waals surface area contributed by atoms with Gasteiger partial charge in [0.25, 0.3) is 5.91 Å². The van der Waals surface area contributed by atoms with E-state index in [2.05, 4.69) is 25.3 Å². The van der Waals surface area contributed by atoms with E-state index in [0.717, 1.165) is 22.0 Å². The Morgan fingerprint density at radius 1 is 1.48 bits per heavy atom. The number of nitrogens with zero attached hydrogens (tertiary/aromatic N) is 4. The summed E-state index contributed by atoms with van der Waals surface area (Å²) >= 11 is 2.63. The number of hydrogen-bond donors (Lipinski definition) is 2. The van der Waals surface area contributed by atoms with Crippen molar-refractivity contribution in [3.05, 3.63) is 38.5 Å². The van der Waals surface area contributed by atoms with Gasteiger partial charge < -0.3 is 10.6 Å². The van der Waals surface area contributed by atoms with Gasteiger partial charge in [0, 0.05) is 29.8 Å². The van der Waals surface area contributed by atoms with Crippen LogP contribution in [-0.4, -0.2) is 31.2 Å². The van der Waals surface area contributed by atoms with Crippen LogP contribution in [0.3, 0.4) is 0 Å². The number of amides is 2. The number of carbonyl (C=O) groups excluding carboxylic acids is 2. The van der Waals surface area contributed by atoms with Crippen LogP contribution in [0.15, 0.2) is 17.5 Å². The summed E-state index contributed by atoms with van der Waals surface area (Å²) in [6, 6.07) is 3.95. The van der Waals surface area contributed by atoms with E-state index in [0.29, 0.717) is 28.6 Å². The summed E-state index contributed by atoms with van der Waals surface area (Å²) in [4.78, 5) is 26.1. The Balaban J connectivity index is 1.75. The maximum atomic E-state index is 12.5. The molecule has 1 aliphatic heterocycles. The molecule has 0 saturated heterocycles. The number of aryl methyl sites for hydroxylation is 2. The number of carbonyl (C=O) groups is 2. The van der Waals surface area contributed by atoms with Crippen LogP contribution in [0.25, 0.3) is 0 Å². The minimum absolute atomic E-state index is 0.0609. The second kappa shape index (κ2) is 6.05. The molecule has 25 heavy (non-hydrogen) atoms. The predicted molar refractivity (Wildman–Crippen MR) is 95.2 cm³/mol. The number of rotatable bonds is 3. The number of nitrogens with one attached hydrogen (secondary N) is 2. The smallest absolute Gasteiger partial charge is 0.270 e. The lowest BCUT2D eigenvalue weighted by atomic mass is 9.92. The quantitative estimate of drug-likeness (QED) is 0.733. The molecule has 0 fully saturated rings. The van der Waals surface area contributed by atoms with Crippen molar-refractivity contribution >= 4 is 46.3 Å². The van der Waals surface area contributed by atoms with Gasteiger partial charge in [-0.25, -0.2) is 0 Å². The second-order valence-corrected chi connectivity index (χ2v) is 7.43. The third-order valence-corrected chi connectivity index (χ3v) is 5.87. The molecule has 2 amide bonds. The highest BCUT2D eigenvalue weighted by Crippen LogP contribution is 2.42. The lowest BCUT2D eigenvalue weighted by Crippen LogP contribution is -2.24. The third-order valence-electron chi connectivity index (χ3n) is 4.06. The Hall–Kier alpha value is -2.59. The standard InChI is InChI=1S/C15H14N6O2S2/c1-7-12(25-20-18-7)15(23)17-13-11-8(9-4-3-5-24-9)6-10(22)16-14(11)21(2)19-13/h3-5,8H,6H2,1-2H3,(H,16,22)(H,17,19,23). The van der Waals surface area contributed by atoms with Gasteiger partial charge in [-0.15, -0.1) is 16.4 Å². The topological polar surface area (TPSA) is 102 Å². The van der Waals surface area contributed by atoms with Gasteiger partial charge in [-0.2, -0.15) is 5.10 Å². The van der Waals surface area contributed by atoms with E-state index in [1.54, 1.807) is 30.0 Å². The first-order valence-electron chi connectivity index (χ1n) is 7.55. The molecule has 1 unspecified atom stereocenters. The molecular weight excluding hydrogens is 360 g/mol.